The summed E-state index contributed by atoms with van der Waals surface area (Å²) in [6.45, 7) is -0.983. The molecule has 0 bridgehead atoms. The van der Waals surface area contributed by atoms with Gasteiger partial charge in [0.15, 0.2) is 17.6 Å². The van der Waals surface area contributed by atoms with Gasteiger partial charge in [0.2, 0.25) is 6.29 Å². The van der Waals surface area contributed by atoms with E-state index in [-0.39, 0.29) is 11.5 Å². The summed E-state index contributed by atoms with van der Waals surface area (Å²) in [7, 11) is 0. The predicted molar refractivity (Wildman–Crippen MR) is 64.8 cm³/mol. The van der Waals surface area contributed by atoms with Crippen molar-refractivity contribution in [2.45, 2.75) is 30.1 Å². The van der Waals surface area contributed by atoms with Crippen molar-refractivity contribution in [1.29, 1.82) is 0 Å². The van der Waals surface area contributed by atoms with Gasteiger partial charge in [-0.25, -0.2) is 0 Å². The van der Waals surface area contributed by atoms with Crippen molar-refractivity contribution < 1.29 is 45.2 Å². The lowest BCUT2D eigenvalue weighted by Crippen LogP contribution is -2.75. The van der Waals surface area contributed by atoms with Gasteiger partial charge in [-0.1, -0.05) is 12.1 Å². The first kappa shape index (κ1) is 15.9. The lowest BCUT2D eigenvalue weighted by Gasteiger charge is -2.48. The van der Waals surface area contributed by atoms with Gasteiger partial charge in [0.05, 0.1) is 6.61 Å². The molecule has 1 aliphatic rings. The van der Waals surface area contributed by atoms with Crippen LogP contribution in [0.15, 0.2) is 24.3 Å². The average Bonchev–Trinajstić information content (AvgIpc) is 2.42. The fourth-order valence-corrected chi connectivity index (χ4v) is 1.92. The number of hydrogen-bond acceptors (Lipinski definition) is 9. The average molecular weight is 304 g/mol. The summed E-state index contributed by atoms with van der Waals surface area (Å²) in [5, 5.41) is 66.8. The molecule has 3 atom stereocenters. The molecule has 1 aliphatic heterocycles. The molecular weight excluding hydrogens is 288 g/mol. The van der Waals surface area contributed by atoms with Crippen LogP contribution in [0.2, 0.25) is 0 Å². The quantitative estimate of drug-likeness (QED) is 0.293. The third-order valence-corrected chi connectivity index (χ3v) is 3.23. The van der Waals surface area contributed by atoms with Gasteiger partial charge in [-0.2, -0.15) is 0 Å². The lowest BCUT2D eigenvalue weighted by molar-refractivity contribution is -0.465. The molecule has 1 saturated heterocycles. The van der Waals surface area contributed by atoms with E-state index in [0.29, 0.717) is 0 Å². The monoisotopic (exact) mass is 304 g/mol. The fraction of sp³-hybridized carbons (Fsp3) is 0.500. The number of para-hydroxylation sites is 2. The molecule has 0 unspecified atom stereocenters. The maximum absolute atomic E-state index is 9.76. The molecule has 21 heavy (non-hydrogen) atoms. The molecule has 9 nitrogen and oxygen atoms in total. The minimum atomic E-state index is -3.42. The Morgan fingerprint density at radius 2 is 1.71 bits per heavy atom. The molecule has 1 aromatic rings. The Hall–Kier alpha value is -1.46. The van der Waals surface area contributed by atoms with Gasteiger partial charge >= 0.3 is 0 Å². The van der Waals surface area contributed by atoms with E-state index in [4.69, 9.17) is 14.6 Å². The molecule has 0 spiro atoms. The number of hydrogen-bond donors (Lipinski definition) is 7. The summed E-state index contributed by atoms with van der Waals surface area (Å²) in [6, 6.07) is 5.60. The van der Waals surface area contributed by atoms with Gasteiger partial charge in [0, 0.05) is 0 Å². The second-order valence-corrected chi connectivity index (χ2v) is 4.66. The van der Waals surface area contributed by atoms with Crippen LogP contribution in [-0.2, 0) is 4.74 Å². The molecular formula is C12H16O9. The summed E-state index contributed by atoms with van der Waals surface area (Å²) in [4.78, 5) is 0. The molecule has 7 N–H and O–H groups in total. The molecule has 0 aliphatic carbocycles. The van der Waals surface area contributed by atoms with Gasteiger partial charge in [0.25, 0.3) is 11.6 Å². The van der Waals surface area contributed by atoms with Crippen LogP contribution in [0.4, 0.5) is 0 Å². The number of phenolic OH excluding ortho intramolecular Hbond substituents is 1. The minimum absolute atomic E-state index is 0.141. The van der Waals surface area contributed by atoms with Crippen molar-refractivity contribution in [2.24, 2.45) is 0 Å². The summed E-state index contributed by atoms with van der Waals surface area (Å²) in [5.41, 5.74) is 0. The van der Waals surface area contributed by atoms with Crippen LogP contribution in [0.25, 0.3) is 0 Å². The summed E-state index contributed by atoms with van der Waals surface area (Å²) in [5.74, 6) is -7.19. The number of phenols is 1. The first-order chi connectivity index (χ1) is 9.71. The molecule has 2 rings (SSSR count). The highest BCUT2D eigenvalue weighted by molar-refractivity contribution is 5.38. The van der Waals surface area contributed by atoms with Crippen molar-refractivity contribution in [3.05, 3.63) is 24.3 Å². The second kappa shape index (κ2) is 5.39. The van der Waals surface area contributed by atoms with E-state index >= 15 is 0 Å². The molecule has 0 amide bonds. The summed E-state index contributed by atoms with van der Waals surface area (Å²) >= 11 is 0. The Balaban J connectivity index is 2.27. The molecule has 1 aromatic carbocycles. The van der Waals surface area contributed by atoms with Crippen LogP contribution in [0.1, 0.15) is 0 Å². The van der Waals surface area contributed by atoms with E-state index in [9.17, 15) is 30.6 Å². The molecule has 1 fully saturated rings. The zero-order valence-electron chi connectivity index (χ0n) is 10.7. The standard InChI is InChI=1S/C12H16O9/c13-5-8-11(16,17)12(18,19)9(15)10(21-8)20-7-4-2-1-3-6(7)14/h1-4,8-10,13-19H,5H2/t8-,9+,10-/m1/s1. The van der Waals surface area contributed by atoms with E-state index in [0.717, 1.165) is 0 Å². The second-order valence-electron chi connectivity index (χ2n) is 4.66. The molecule has 118 valence electrons. The van der Waals surface area contributed by atoms with Crippen LogP contribution in [0.5, 0.6) is 11.5 Å². The van der Waals surface area contributed by atoms with Crippen LogP contribution in [-0.4, -0.2) is 72.4 Å². The number of aliphatic hydroxyl groups excluding tert-OH is 2. The number of aromatic hydroxyl groups is 1. The van der Waals surface area contributed by atoms with Crippen LogP contribution in [0.3, 0.4) is 0 Å². The maximum atomic E-state index is 9.76. The van der Waals surface area contributed by atoms with Gasteiger partial charge in [-0.15, -0.1) is 0 Å². The number of ether oxygens (including phenoxy) is 2. The van der Waals surface area contributed by atoms with Crippen molar-refractivity contribution >= 4 is 0 Å². The Morgan fingerprint density at radius 3 is 2.29 bits per heavy atom. The molecule has 0 saturated carbocycles. The van der Waals surface area contributed by atoms with Crippen LogP contribution >= 0.6 is 0 Å². The Morgan fingerprint density at radius 1 is 1.10 bits per heavy atom. The summed E-state index contributed by atoms with van der Waals surface area (Å²) in [6.07, 6.45) is -5.90. The van der Waals surface area contributed by atoms with E-state index in [1.165, 1.54) is 24.3 Å². The minimum Gasteiger partial charge on any atom is -0.504 e. The van der Waals surface area contributed by atoms with Crippen molar-refractivity contribution in [3.63, 3.8) is 0 Å². The van der Waals surface area contributed by atoms with Gasteiger partial charge in [-0.3, -0.25) is 0 Å². The molecule has 0 radical (unpaired) electrons. The zero-order valence-corrected chi connectivity index (χ0v) is 10.7. The predicted octanol–water partition coefficient (Wildman–Crippen LogP) is -2.79. The summed E-state index contributed by atoms with van der Waals surface area (Å²) < 4.78 is 9.99. The number of rotatable bonds is 3. The number of benzene rings is 1. The molecule has 0 aromatic heterocycles. The lowest BCUT2D eigenvalue weighted by atomic mass is 9.91. The normalized spacial score (nSPS) is 30.9. The SMILES string of the molecule is OC[C@H]1O[C@@H](Oc2ccccc2O)[C@H](O)C(O)(O)C1(O)O. The topological polar surface area (TPSA) is 160 Å². The Labute approximate surface area is 118 Å². The van der Waals surface area contributed by atoms with Crippen LogP contribution < -0.4 is 4.74 Å². The van der Waals surface area contributed by atoms with Crippen molar-refractivity contribution in [1.82, 2.24) is 0 Å². The van der Waals surface area contributed by atoms with Crippen LogP contribution in [0, 0.1) is 0 Å². The first-order valence-electron chi connectivity index (χ1n) is 6.00. The molecule has 9 heteroatoms. The zero-order chi connectivity index (χ0) is 15.8. The van der Waals surface area contributed by atoms with E-state index < -0.39 is 36.7 Å². The highest BCUT2D eigenvalue weighted by Crippen LogP contribution is 2.36. The third-order valence-electron chi connectivity index (χ3n) is 3.23. The van der Waals surface area contributed by atoms with Gasteiger partial charge in [0.1, 0.15) is 6.10 Å². The number of aliphatic hydroxyl groups is 6. The van der Waals surface area contributed by atoms with E-state index in [1.54, 1.807) is 0 Å². The van der Waals surface area contributed by atoms with E-state index in [1.807, 2.05) is 0 Å². The Bertz CT molecular complexity index is 501. The van der Waals surface area contributed by atoms with Crippen molar-refractivity contribution in [3.8, 4) is 11.5 Å². The largest absolute Gasteiger partial charge is 0.504 e. The molecule has 1 heterocycles. The fourth-order valence-electron chi connectivity index (χ4n) is 1.92. The highest BCUT2D eigenvalue weighted by atomic mass is 16.7. The third kappa shape index (κ3) is 2.56. The van der Waals surface area contributed by atoms with Gasteiger partial charge in [-0.05, 0) is 12.1 Å². The first-order valence-corrected chi connectivity index (χ1v) is 6.00. The highest BCUT2D eigenvalue weighted by Gasteiger charge is 2.65. The van der Waals surface area contributed by atoms with E-state index in [2.05, 4.69) is 0 Å². The Kier molecular flexibility index (Phi) is 4.08. The smallest absolute Gasteiger partial charge is 0.254 e. The maximum Gasteiger partial charge on any atom is 0.254 e. The van der Waals surface area contributed by atoms with Crippen molar-refractivity contribution in [2.75, 3.05) is 6.61 Å². The van der Waals surface area contributed by atoms with Gasteiger partial charge < -0.3 is 45.2 Å².